The topological polar surface area (TPSA) is 24.5 Å². The molecule has 2 heterocycles. The molecule has 0 aromatic rings. The summed E-state index contributed by atoms with van der Waals surface area (Å²) in [6, 6.07) is 0.805. The lowest BCUT2D eigenvalue weighted by Crippen LogP contribution is -2.36. The summed E-state index contributed by atoms with van der Waals surface area (Å²) >= 11 is 2.09. The highest BCUT2D eigenvalue weighted by Crippen LogP contribution is 2.16. The number of rotatable bonds is 7. The van der Waals surface area contributed by atoms with Crippen LogP contribution in [0, 0.1) is 0 Å². The highest BCUT2D eigenvalue weighted by atomic mass is 32.2. The van der Waals surface area contributed by atoms with Crippen molar-refractivity contribution >= 4 is 11.8 Å². The van der Waals surface area contributed by atoms with Gasteiger partial charge in [0.2, 0.25) is 0 Å². The van der Waals surface area contributed by atoms with Gasteiger partial charge in [0.1, 0.15) is 0 Å². The van der Waals surface area contributed by atoms with E-state index in [9.17, 15) is 0 Å². The minimum Gasteiger partial charge on any atom is -0.379 e. The van der Waals surface area contributed by atoms with Crippen LogP contribution in [0.2, 0.25) is 0 Å². The molecular weight excluding hydrogens is 232 g/mol. The molecule has 0 aromatic carbocycles. The summed E-state index contributed by atoms with van der Waals surface area (Å²) in [6.45, 7) is 6.62. The number of thioether (sulfide) groups is 1. The molecule has 2 rings (SSSR count). The molecule has 2 aliphatic rings. The second-order valence-corrected chi connectivity index (χ2v) is 6.18. The van der Waals surface area contributed by atoms with Gasteiger partial charge >= 0.3 is 0 Å². The zero-order valence-electron chi connectivity index (χ0n) is 10.8. The van der Waals surface area contributed by atoms with Crippen molar-refractivity contribution in [3.05, 3.63) is 0 Å². The number of morpholine rings is 1. The molecule has 100 valence electrons. The van der Waals surface area contributed by atoms with E-state index in [0.29, 0.717) is 0 Å². The molecule has 3 nitrogen and oxygen atoms in total. The van der Waals surface area contributed by atoms with E-state index < -0.39 is 0 Å². The highest BCUT2D eigenvalue weighted by Gasteiger charge is 2.13. The van der Waals surface area contributed by atoms with Crippen LogP contribution in [-0.2, 0) is 4.74 Å². The molecule has 1 atom stereocenters. The normalized spacial score (nSPS) is 26.5. The largest absolute Gasteiger partial charge is 0.379 e. The maximum absolute atomic E-state index is 5.35. The third kappa shape index (κ3) is 5.60. The molecule has 0 spiro atoms. The van der Waals surface area contributed by atoms with E-state index in [0.717, 1.165) is 32.3 Å². The third-order valence-corrected chi connectivity index (χ3v) is 4.78. The molecule has 2 fully saturated rings. The van der Waals surface area contributed by atoms with Crippen LogP contribution in [-0.4, -0.2) is 61.8 Å². The monoisotopic (exact) mass is 258 g/mol. The quantitative estimate of drug-likeness (QED) is 0.701. The average Bonchev–Trinajstić information content (AvgIpc) is 2.88. The summed E-state index contributed by atoms with van der Waals surface area (Å²) in [6.07, 6.45) is 5.43. The number of nitrogens with zero attached hydrogens (tertiary/aromatic N) is 1. The lowest BCUT2D eigenvalue weighted by Gasteiger charge is -2.26. The first-order valence-electron chi connectivity index (χ1n) is 7.06. The van der Waals surface area contributed by atoms with Crippen LogP contribution in [0.3, 0.4) is 0 Å². The zero-order valence-corrected chi connectivity index (χ0v) is 11.6. The molecule has 0 saturated carbocycles. The van der Waals surface area contributed by atoms with Gasteiger partial charge in [-0.1, -0.05) is 6.42 Å². The standard InChI is InChI=1S/C13H26N2OS/c1(2-5-14-13-4-11-17-12-13)3-6-15-7-9-16-10-8-15/h13-14H,1-12H2/t13-/m1/s1. The minimum absolute atomic E-state index is 0.805. The molecule has 0 bridgehead atoms. The second-order valence-electron chi connectivity index (χ2n) is 5.03. The van der Waals surface area contributed by atoms with Crippen molar-refractivity contribution in [1.29, 1.82) is 0 Å². The van der Waals surface area contributed by atoms with Crippen LogP contribution in [0.15, 0.2) is 0 Å². The molecule has 0 aromatic heterocycles. The fourth-order valence-corrected chi connectivity index (χ4v) is 3.65. The van der Waals surface area contributed by atoms with Gasteiger partial charge in [-0.3, -0.25) is 4.90 Å². The van der Waals surface area contributed by atoms with E-state index in [1.165, 1.54) is 50.3 Å². The first-order chi connectivity index (χ1) is 8.45. The smallest absolute Gasteiger partial charge is 0.0594 e. The number of hydrogen-bond donors (Lipinski definition) is 1. The number of ether oxygens (including phenoxy) is 1. The van der Waals surface area contributed by atoms with Gasteiger partial charge in [-0.15, -0.1) is 0 Å². The van der Waals surface area contributed by atoms with Crippen molar-refractivity contribution in [3.8, 4) is 0 Å². The number of unbranched alkanes of at least 4 members (excludes halogenated alkanes) is 2. The average molecular weight is 258 g/mol. The predicted octanol–water partition coefficient (Wildman–Crippen LogP) is 1.58. The second kappa shape index (κ2) is 8.35. The van der Waals surface area contributed by atoms with Crippen molar-refractivity contribution in [2.45, 2.75) is 31.7 Å². The van der Waals surface area contributed by atoms with Crippen molar-refractivity contribution in [3.63, 3.8) is 0 Å². The van der Waals surface area contributed by atoms with Crippen molar-refractivity contribution in [2.24, 2.45) is 0 Å². The summed E-state index contributed by atoms with van der Waals surface area (Å²) in [5.41, 5.74) is 0. The van der Waals surface area contributed by atoms with E-state index >= 15 is 0 Å². The first-order valence-corrected chi connectivity index (χ1v) is 8.22. The molecule has 0 unspecified atom stereocenters. The summed E-state index contributed by atoms with van der Waals surface area (Å²) in [4.78, 5) is 2.53. The van der Waals surface area contributed by atoms with Gasteiger partial charge in [-0.25, -0.2) is 0 Å². The molecule has 0 aliphatic carbocycles. The van der Waals surface area contributed by atoms with Crippen molar-refractivity contribution in [1.82, 2.24) is 10.2 Å². The Kier molecular flexibility index (Phi) is 6.71. The first kappa shape index (κ1) is 13.7. The van der Waals surface area contributed by atoms with Gasteiger partial charge in [0.05, 0.1) is 13.2 Å². The molecule has 2 aliphatic heterocycles. The highest BCUT2D eigenvalue weighted by molar-refractivity contribution is 7.99. The van der Waals surface area contributed by atoms with Gasteiger partial charge in [-0.2, -0.15) is 11.8 Å². The Balaban J connectivity index is 1.38. The lowest BCUT2D eigenvalue weighted by atomic mass is 10.2. The van der Waals surface area contributed by atoms with Crippen LogP contribution in [0.25, 0.3) is 0 Å². The minimum atomic E-state index is 0.805. The fraction of sp³-hybridized carbons (Fsp3) is 1.00. The van der Waals surface area contributed by atoms with Crippen LogP contribution in [0.1, 0.15) is 25.7 Å². The molecule has 17 heavy (non-hydrogen) atoms. The Bertz CT molecular complexity index is 192. The molecule has 1 N–H and O–H groups in total. The van der Waals surface area contributed by atoms with Crippen LogP contribution < -0.4 is 5.32 Å². The number of nitrogens with one attached hydrogen (secondary N) is 1. The fourth-order valence-electron chi connectivity index (χ4n) is 2.46. The molecule has 0 amide bonds. The zero-order chi connectivity index (χ0) is 11.8. The molecular formula is C13H26N2OS. The van der Waals surface area contributed by atoms with Crippen LogP contribution in [0.5, 0.6) is 0 Å². The van der Waals surface area contributed by atoms with Crippen molar-refractivity contribution < 1.29 is 4.74 Å². The van der Waals surface area contributed by atoms with Crippen molar-refractivity contribution in [2.75, 3.05) is 50.9 Å². The molecule has 2 saturated heterocycles. The van der Waals surface area contributed by atoms with E-state index in [4.69, 9.17) is 4.74 Å². The summed E-state index contributed by atoms with van der Waals surface area (Å²) < 4.78 is 5.35. The van der Waals surface area contributed by atoms with Gasteiger partial charge in [-0.05, 0) is 38.1 Å². The van der Waals surface area contributed by atoms with Gasteiger partial charge < -0.3 is 10.1 Å². The maximum Gasteiger partial charge on any atom is 0.0594 e. The van der Waals surface area contributed by atoms with E-state index in [2.05, 4.69) is 22.0 Å². The van der Waals surface area contributed by atoms with Gasteiger partial charge in [0.15, 0.2) is 0 Å². The SMILES string of the molecule is C(CCN[C@@H]1CCSC1)CCN1CCOCC1. The summed E-state index contributed by atoms with van der Waals surface area (Å²) in [7, 11) is 0. The Morgan fingerprint density at radius 3 is 2.82 bits per heavy atom. The molecule has 0 radical (unpaired) electrons. The van der Waals surface area contributed by atoms with Gasteiger partial charge in [0, 0.05) is 24.9 Å². The Morgan fingerprint density at radius 2 is 2.06 bits per heavy atom. The third-order valence-electron chi connectivity index (χ3n) is 3.62. The lowest BCUT2D eigenvalue weighted by molar-refractivity contribution is 0.0371. The Labute approximate surface area is 110 Å². The van der Waals surface area contributed by atoms with E-state index in [-0.39, 0.29) is 0 Å². The van der Waals surface area contributed by atoms with Gasteiger partial charge in [0.25, 0.3) is 0 Å². The Morgan fingerprint density at radius 1 is 1.18 bits per heavy atom. The van der Waals surface area contributed by atoms with E-state index in [1.807, 2.05) is 0 Å². The molecule has 4 heteroatoms. The summed E-state index contributed by atoms with van der Waals surface area (Å²) in [5.74, 6) is 2.68. The van der Waals surface area contributed by atoms with Crippen LogP contribution in [0.4, 0.5) is 0 Å². The Hall–Kier alpha value is 0.230. The maximum atomic E-state index is 5.35. The summed E-state index contributed by atoms with van der Waals surface area (Å²) in [5, 5.41) is 3.67. The predicted molar refractivity (Wildman–Crippen MR) is 74.8 cm³/mol. The number of hydrogen-bond acceptors (Lipinski definition) is 4. The van der Waals surface area contributed by atoms with E-state index in [1.54, 1.807) is 0 Å². The van der Waals surface area contributed by atoms with Crippen LogP contribution >= 0.6 is 11.8 Å².